The van der Waals surface area contributed by atoms with Gasteiger partial charge in [0, 0.05) is 44.1 Å². The standard InChI is InChI=1S/C26H33N5O3/c1-18(32)14-23(21-5-2-10-27-17-21)30-24(33)16-25(34)31-12-8-19(9-13-31)15-22-7-6-20-4-3-11-28-26(20)29-22/h2,5-7,10,17,19,23H,3-4,8-9,11-16H2,1H3,(H,28,29)(H,30,33)/t23-/m0/s1. The predicted molar refractivity (Wildman–Crippen MR) is 129 cm³/mol. The molecule has 1 fully saturated rings. The Morgan fingerprint density at radius 2 is 2.03 bits per heavy atom. The van der Waals surface area contributed by atoms with Crippen molar-refractivity contribution in [3.8, 4) is 0 Å². The third kappa shape index (κ3) is 6.40. The van der Waals surface area contributed by atoms with Crippen LogP contribution in [0.25, 0.3) is 0 Å². The number of piperidine rings is 1. The van der Waals surface area contributed by atoms with Crippen LogP contribution in [0.15, 0.2) is 36.7 Å². The van der Waals surface area contributed by atoms with Gasteiger partial charge in [0.2, 0.25) is 11.8 Å². The number of Topliss-reactive ketones (excluding diaryl/α,β-unsaturated/α-hetero) is 1. The summed E-state index contributed by atoms with van der Waals surface area (Å²) in [6.45, 7) is 3.77. The number of likely N-dealkylation sites (tertiary alicyclic amines) is 1. The van der Waals surface area contributed by atoms with Gasteiger partial charge in [-0.3, -0.25) is 19.4 Å². The van der Waals surface area contributed by atoms with E-state index in [0.29, 0.717) is 19.0 Å². The molecule has 0 aliphatic carbocycles. The van der Waals surface area contributed by atoms with Gasteiger partial charge in [-0.2, -0.15) is 0 Å². The van der Waals surface area contributed by atoms with Crippen LogP contribution >= 0.6 is 0 Å². The van der Waals surface area contributed by atoms with Crippen LogP contribution in [-0.4, -0.2) is 52.1 Å². The van der Waals surface area contributed by atoms with Crippen LogP contribution in [-0.2, 0) is 27.2 Å². The van der Waals surface area contributed by atoms with Crippen LogP contribution in [0.2, 0.25) is 0 Å². The minimum absolute atomic E-state index is 0.0354. The van der Waals surface area contributed by atoms with Crippen LogP contribution in [0, 0.1) is 5.92 Å². The average molecular weight is 464 g/mol. The van der Waals surface area contributed by atoms with E-state index in [-0.39, 0.29) is 30.4 Å². The van der Waals surface area contributed by atoms with Crippen LogP contribution in [0.3, 0.4) is 0 Å². The molecule has 2 aliphatic heterocycles. The molecule has 2 aromatic rings. The molecule has 1 atom stereocenters. The average Bonchev–Trinajstić information content (AvgIpc) is 2.84. The molecule has 0 radical (unpaired) electrons. The molecule has 0 aromatic carbocycles. The number of amides is 2. The lowest BCUT2D eigenvalue weighted by Gasteiger charge is -2.32. The number of anilines is 1. The summed E-state index contributed by atoms with van der Waals surface area (Å²) in [6.07, 6.45) is 8.19. The summed E-state index contributed by atoms with van der Waals surface area (Å²) in [5, 5.41) is 6.23. The molecule has 2 aliphatic rings. The van der Waals surface area contributed by atoms with E-state index in [1.807, 2.05) is 6.07 Å². The van der Waals surface area contributed by atoms with E-state index in [0.717, 1.165) is 55.7 Å². The van der Waals surface area contributed by atoms with Crippen molar-refractivity contribution in [1.29, 1.82) is 0 Å². The summed E-state index contributed by atoms with van der Waals surface area (Å²) in [5.41, 5.74) is 3.15. The second-order valence-electron chi connectivity index (χ2n) is 9.36. The second kappa shape index (κ2) is 11.2. The first kappa shape index (κ1) is 23.9. The molecule has 4 heterocycles. The van der Waals surface area contributed by atoms with Crippen molar-refractivity contribution >= 4 is 23.4 Å². The monoisotopic (exact) mass is 463 g/mol. The number of nitrogens with zero attached hydrogens (tertiary/aromatic N) is 3. The topological polar surface area (TPSA) is 104 Å². The maximum Gasteiger partial charge on any atom is 0.232 e. The second-order valence-corrected chi connectivity index (χ2v) is 9.36. The van der Waals surface area contributed by atoms with Gasteiger partial charge >= 0.3 is 0 Å². The van der Waals surface area contributed by atoms with E-state index in [1.54, 1.807) is 23.4 Å². The maximum absolute atomic E-state index is 12.7. The summed E-state index contributed by atoms with van der Waals surface area (Å²) in [6, 6.07) is 7.43. The molecule has 0 bridgehead atoms. The Hall–Kier alpha value is -3.29. The number of hydrogen-bond acceptors (Lipinski definition) is 6. The fraction of sp³-hybridized carbons (Fsp3) is 0.500. The van der Waals surface area contributed by atoms with E-state index in [9.17, 15) is 14.4 Å². The molecule has 1 saturated heterocycles. The summed E-state index contributed by atoms with van der Waals surface area (Å²) >= 11 is 0. The largest absolute Gasteiger partial charge is 0.370 e. The first-order valence-electron chi connectivity index (χ1n) is 12.2. The summed E-state index contributed by atoms with van der Waals surface area (Å²) in [5.74, 6) is 0.939. The number of carbonyl (C=O) groups excluding carboxylic acids is 3. The number of hydrogen-bond donors (Lipinski definition) is 2. The van der Waals surface area contributed by atoms with Gasteiger partial charge in [-0.15, -0.1) is 0 Å². The van der Waals surface area contributed by atoms with Gasteiger partial charge in [0.15, 0.2) is 0 Å². The number of fused-ring (bicyclic) bond motifs is 1. The number of carbonyl (C=O) groups is 3. The van der Waals surface area contributed by atoms with Crippen LogP contribution in [0.4, 0.5) is 5.82 Å². The molecule has 180 valence electrons. The van der Waals surface area contributed by atoms with Crippen molar-refractivity contribution in [1.82, 2.24) is 20.2 Å². The van der Waals surface area contributed by atoms with Gasteiger partial charge in [-0.25, -0.2) is 4.98 Å². The highest BCUT2D eigenvalue weighted by Gasteiger charge is 2.26. The van der Waals surface area contributed by atoms with Gasteiger partial charge in [0.25, 0.3) is 0 Å². The number of rotatable bonds is 8. The van der Waals surface area contributed by atoms with Crippen LogP contribution in [0.1, 0.15) is 61.9 Å². The zero-order valence-electron chi connectivity index (χ0n) is 19.8. The lowest BCUT2D eigenvalue weighted by atomic mass is 9.91. The summed E-state index contributed by atoms with van der Waals surface area (Å²) < 4.78 is 0. The van der Waals surface area contributed by atoms with Crippen molar-refractivity contribution < 1.29 is 14.4 Å². The zero-order valence-corrected chi connectivity index (χ0v) is 19.8. The van der Waals surface area contributed by atoms with Gasteiger partial charge in [-0.1, -0.05) is 12.1 Å². The van der Waals surface area contributed by atoms with E-state index < -0.39 is 6.04 Å². The molecule has 0 spiro atoms. The van der Waals surface area contributed by atoms with Crippen molar-refractivity contribution in [3.05, 3.63) is 53.5 Å². The first-order valence-corrected chi connectivity index (χ1v) is 12.2. The summed E-state index contributed by atoms with van der Waals surface area (Å²) in [4.78, 5) is 47.6. The fourth-order valence-electron chi connectivity index (χ4n) is 4.78. The molecule has 8 nitrogen and oxygen atoms in total. The van der Waals surface area contributed by atoms with Crippen molar-refractivity contribution in [2.24, 2.45) is 5.92 Å². The molecule has 0 saturated carbocycles. The van der Waals surface area contributed by atoms with Crippen molar-refractivity contribution in [2.45, 2.75) is 57.9 Å². The molecule has 4 rings (SSSR count). The molecular formula is C26H33N5O3. The lowest BCUT2D eigenvalue weighted by Crippen LogP contribution is -2.41. The highest BCUT2D eigenvalue weighted by Crippen LogP contribution is 2.25. The molecule has 2 N–H and O–H groups in total. The Bertz CT molecular complexity index is 1020. The minimum Gasteiger partial charge on any atom is -0.370 e. The predicted octanol–water partition coefficient (Wildman–Crippen LogP) is 2.84. The summed E-state index contributed by atoms with van der Waals surface area (Å²) in [7, 11) is 0. The quantitative estimate of drug-likeness (QED) is 0.584. The fourth-order valence-corrected chi connectivity index (χ4v) is 4.78. The van der Waals surface area contributed by atoms with Crippen LogP contribution in [0.5, 0.6) is 0 Å². The lowest BCUT2D eigenvalue weighted by molar-refractivity contribution is -0.137. The van der Waals surface area contributed by atoms with Gasteiger partial charge < -0.3 is 15.5 Å². The molecule has 0 unspecified atom stereocenters. The molecule has 2 amide bonds. The highest BCUT2D eigenvalue weighted by atomic mass is 16.2. The smallest absolute Gasteiger partial charge is 0.232 e. The molecule has 2 aromatic heterocycles. The van der Waals surface area contributed by atoms with Crippen molar-refractivity contribution in [3.63, 3.8) is 0 Å². The van der Waals surface area contributed by atoms with Gasteiger partial charge in [0.1, 0.15) is 18.0 Å². The SMILES string of the molecule is CC(=O)C[C@H](NC(=O)CC(=O)N1CCC(Cc2ccc3c(n2)NCCC3)CC1)c1cccnc1. The Morgan fingerprint density at radius 3 is 2.76 bits per heavy atom. The first-order chi connectivity index (χ1) is 16.5. The third-order valence-corrected chi connectivity index (χ3v) is 6.64. The van der Waals surface area contributed by atoms with E-state index in [2.05, 4.69) is 27.8 Å². The number of ketones is 1. The Kier molecular flexibility index (Phi) is 7.87. The van der Waals surface area contributed by atoms with E-state index in [1.165, 1.54) is 12.5 Å². The number of nitrogens with one attached hydrogen (secondary N) is 2. The molecular weight excluding hydrogens is 430 g/mol. The molecule has 8 heteroatoms. The number of aryl methyl sites for hydroxylation is 1. The Balaban J connectivity index is 1.25. The third-order valence-electron chi connectivity index (χ3n) is 6.64. The van der Waals surface area contributed by atoms with E-state index >= 15 is 0 Å². The highest BCUT2D eigenvalue weighted by molar-refractivity contribution is 5.97. The molecule has 34 heavy (non-hydrogen) atoms. The number of pyridine rings is 2. The van der Waals surface area contributed by atoms with E-state index in [4.69, 9.17) is 4.98 Å². The zero-order chi connectivity index (χ0) is 23.9. The van der Waals surface area contributed by atoms with Crippen LogP contribution < -0.4 is 10.6 Å². The normalized spacial score (nSPS) is 16.8. The Morgan fingerprint density at radius 1 is 1.21 bits per heavy atom. The van der Waals surface area contributed by atoms with Gasteiger partial charge in [0.05, 0.1) is 6.04 Å². The Labute approximate surface area is 200 Å². The van der Waals surface area contributed by atoms with Crippen molar-refractivity contribution in [2.75, 3.05) is 25.0 Å². The van der Waals surface area contributed by atoms with Gasteiger partial charge in [-0.05, 0) is 68.2 Å². The number of aromatic nitrogens is 2. The maximum atomic E-state index is 12.7. The minimum atomic E-state index is -0.476.